The Bertz CT molecular complexity index is 817. The van der Waals surface area contributed by atoms with E-state index in [9.17, 15) is 23.9 Å². The topological polar surface area (TPSA) is 111 Å². The SMILES string of the molecule is C=C(F)c1ccc(N2C(=O)CCC2C(=O)NC(=O)CC(=N)C(C)(C)CO)cc1. The smallest absolute Gasteiger partial charge is 0.249 e. The van der Waals surface area contributed by atoms with Crippen LogP contribution in [0.15, 0.2) is 30.8 Å². The van der Waals surface area contributed by atoms with E-state index in [1.807, 2.05) is 0 Å². The molecule has 0 radical (unpaired) electrons. The zero-order chi connectivity index (χ0) is 21.1. The summed E-state index contributed by atoms with van der Waals surface area (Å²) >= 11 is 0. The molecule has 150 valence electrons. The fourth-order valence-corrected chi connectivity index (χ4v) is 2.82. The Morgan fingerprint density at radius 1 is 1.36 bits per heavy atom. The van der Waals surface area contributed by atoms with Gasteiger partial charge < -0.3 is 10.5 Å². The average molecular weight is 389 g/mol. The van der Waals surface area contributed by atoms with Crippen molar-refractivity contribution in [2.24, 2.45) is 5.41 Å². The second-order valence-corrected chi connectivity index (χ2v) is 7.38. The average Bonchev–Trinajstić information content (AvgIpc) is 3.03. The molecule has 1 aliphatic rings. The molecule has 28 heavy (non-hydrogen) atoms. The lowest BCUT2D eigenvalue weighted by Crippen LogP contribution is -2.47. The van der Waals surface area contributed by atoms with Crippen molar-refractivity contribution in [2.75, 3.05) is 11.5 Å². The van der Waals surface area contributed by atoms with Crippen molar-refractivity contribution < 1.29 is 23.9 Å². The fourth-order valence-electron chi connectivity index (χ4n) is 2.82. The molecule has 0 spiro atoms. The number of carbonyl (C=O) groups is 3. The van der Waals surface area contributed by atoms with Gasteiger partial charge in [-0.2, -0.15) is 0 Å². The Labute approximate surface area is 162 Å². The molecule has 3 amide bonds. The first kappa shape index (κ1) is 21.4. The van der Waals surface area contributed by atoms with Gasteiger partial charge in [-0.1, -0.05) is 20.4 Å². The lowest BCUT2D eigenvalue weighted by Gasteiger charge is -2.25. The number of hydrogen-bond donors (Lipinski definition) is 3. The van der Waals surface area contributed by atoms with Crippen molar-refractivity contribution in [3.63, 3.8) is 0 Å². The molecule has 1 aliphatic heterocycles. The number of aliphatic hydroxyl groups excluding tert-OH is 1. The summed E-state index contributed by atoms with van der Waals surface area (Å²) < 4.78 is 13.2. The van der Waals surface area contributed by atoms with Crippen LogP contribution >= 0.6 is 0 Å². The summed E-state index contributed by atoms with van der Waals surface area (Å²) in [5.41, 5.74) is -0.162. The molecule has 1 atom stereocenters. The van der Waals surface area contributed by atoms with Crippen molar-refractivity contribution in [3.05, 3.63) is 36.4 Å². The van der Waals surface area contributed by atoms with E-state index in [0.29, 0.717) is 5.69 Å². The Kier molecular flexibility index (Phi) is 6.45. The van der Waals surface area contributed by atoms with Gasteiger partial charge in [0.25, 0.3) is 0 Å². The molecule has 3 N–H and O–H groups in total. The molecule has 8 heteroatoms. The number of benzene rings is 1. The van der Waals surface area contributed by atoms with Crippen molar-refractivity contribution in [3.8, 4) is 0 Å². The van der Waals surface area contributed by atoms with Gasteiger partial charge in [0.1, 0.15) is 11.9 Å². The Morgan fingerprint density at radius 2 is 1.96 bits per heavy atom. The molecule has 1 fully saturated rings. The highest BCUT2D eigenvalue weighted by molar-refractivity contribution is 6.11. The van der Waals surface area contributed by atoms with Gasteiger partial charge in [0.15, 0.2) is 0 Å². The van der Waals surface area contributed by atoms with Gasteiger partial charge in [-0.05, 0) is 30.7 Å². The predicted octanol–water partition coefficient (Wildman–Crippen LogP) is 2.19. The number of hydrogen-bond acceptors (Lipinski definition) is 5. The number of nitrogens with zero attached hydrogens (tertiary/aromatic N) is 1. The molecule has 1 unspecified atom stereocenters. The molecule has 0 aliphatic carbocycles. The van der Waals surface area contributed by atoms with Crippen LogP contribution in [0.25, 0.3) is 5.83 Å². The number of imide groups is 1. The van der Waals surface area contributed by atoms with E-state index in [1.165, 1.54) is 29.2 Å². The molecular weight excluding hydrogens is 365 g/mol. The maximum Gasteiger partial charge on any atom is 0.249 e. The molecule has 1 saturated heterocycles. The molecule has 1 aromatic rings. The van der Waals surface area contributed by atoms with Gasteiger partial charge in [-0.25, -0.2) is 4.39 Å². The van der Waals surface area contributed by atoms with Crippen LogP contribution in [0.4, 0.5) is 10.1 Å². The molecule has 0 bridgehead atoms. The summed E-state index contributed by atoms with van der Waals surface area (Å²) in [6.45, 7) is 6.16. The van der Waals surface area contributed by atoms with Crippen LogP contribution in [0.3, 0.4) is 0 Å². The van der Waals surface area contributed by atoms with E-state index < -0.39 is 29.1 Å². The minimum absolute atomic E-state index is 0.00157. The number of anilines is 1. The number of carbonyl (C=O) groups excluding carboxylic acids is 3. The largest absolute Gasteiger partial charge is 0.395 e. The van der Waals surface area contributed by atoms with Gasteiger partial charge in [0, 0.05) is 28.8 Å². The minimum Gasteiger partial charge on any atom is -0.395 e. The highest BCUT2D eigenvalue weighted by Crippen LogP contribution is 2.28. The highest BCUT2D eigenvalue weighted by atomic mass is 19.1. The molecule has 7 nitrogen and oxygen atoms in total. The van der Waals surface area contributed by atoms with Crippen molar-refractivity contribution >= 4 is 34.9 Å². The van der Waals surface area contributed by atoms with Gasteiger partial charge in [0.2, 0.25) is 17.7 Å². The monoisotopic (exact) mass is 389 g/mol. The first-order chi connectivity index (χ1) is 13.1. The summed E-state index contributed by atoms with van der Waals surface area (Å²) in [5, 5.41) is 19.4. The molecular formula is C20H24FN3O4. The van der Waals surface area contributed by atoms with E-state index in [4.69, 9.17) is 5.41 Å². The number of nitrogens with one attached hydrogen (secondary N) is 2. The summed E-state index contributed by atoms with van der Waals surface area (Å²) in [7, 11) is 0. The summed E-state index contributed by atoms with van der Waals surface area (Å²) in [6.07, 6.45) is 0.0690. The van der Waals surface area contributed by atoms with Crippen LogP contribution in [0.1, 0.15) is 38.7 Å². The van der Waals surface area contributed by atoms with Crippen LogP contribution in [0, 0.1) is 10.8 Å². The van der Waals surface area contributed by atoms with E-state index in [-0.39, 0.29) is 43.1 Å². The van der Waals surface area contributed by atoms with E-state index in [2.05, 4.69) is 11.9 Å². The second kappa shape index (κ2) is 8.43. The predicted molar refractivity (Wildman–Crippen MR) is 103 cm³/mol. The summed E-state index contributed by atoms with van der Waals surface area (Å²) in [6, 6.07) is 5.09. The zero-order valence-electron chi connectivity index (χ0n) is 15.9. The van der Waals surface area contributed by atoms with Crippen molar-refractivity contribution in [1.82, 2.24) is 5.32 Å². The molecule has 2 rings (SSSR count). The number of halogens is 1. The van der Waals surface area contributed by atoms with Gasteiger partial charge >= 0.3 is 0 Å². The maximum atomic E-state index is 13.2. The maximum absolute atomic E-state index is 13.2. The van der Waals surface area contributed by atoms with E-state index in [1.54, 1.807) is 13.8 Å². The number of amides is 3. The molecule has 1 aromatic carbocycles. The van der Waals surface area contributed by atoms with Crippen LogP contribution < -0.4 is 10.2 Å². The van der Waals surface area contributed by atoms with Crippen LogP contribution in [0.5, 0.6) is 0 Å². The molecule has 0 aromatic heterocycles. The summed E-state index contributed by atoms with van der Waals surface area (Å²) in [5.74, 6) is -2.18. The Hall–Kier alpha value is -2.87. The van der Waals surface area contributed by atoms with Crippen LogP contribution in [-0.4, -0.2) is 41.2 Å². The van der Waals surface area contributed by atoms with Crippen LogP contribution in [-0.2, 0) is 14.4 Å². The number of rotatable bonds is 7. The normalized spacial score (nSPS) is 16.8. The minimum atomic E-state index is -0.865. The molecule has 1 heterocycles. The first-order valence-corrected chi connectivity index (χ1v) is 8.86. The Balaban J connectivity index is 2.09. The zero-order valence-corrected chi connectivity index (χ0v) is 15.9. The standard InChI is InChI=1S/C20H24FN3O4/c1-12(21)13-4-6-14(7-5-13)24-15(8-9-18(24)27)19(28)23-17(26)10-16(22)20(2,3)11-25/h4-7,15,22,25H,1,8-11H2,2-3H3,(H,23,26,28). The first-order valence-electron chi connectivity index (χ1n) is 8.86. The third-order valence-corrected chi connectivity index (χ3v) is 4.79. The van der Waals surface area contributed by atoms with Gasteiger partial charge in [-0.3, -0.25) is 24.6 Å². The van der Waals surface area contributed by atoms with Gasteiger partial charge in [-0.15, -0.1) is 0 Å². The fraction of sp³-hybridized carbons (Fsp3) is 0.400. The van der Waals surface area contributed by atoms with Crippen molar-refractivity contribution in [2.45, 2.75) is 39.2 Å². The Morgan fingerprint density at radius 3 is 2.50 bits per heavy atom. The lowest BCUT2D eigenvalue weighted by molar-refractivity contribution is -0.131. The molecule has 0 saturated carbocycles. The van der Waals surface area contributed by atoms with Gasteiger partial charge in [0.05, 0.1) is 13.0 Å². The van der Waals surface area contributed by atoms with Crippen molar-refractivity contribution in [1.29, 1.82) is 5.41 Å². The third kappa shape index (κ3) is 4.69. The lowest BCUT2D eigenvalue weighted by atomic mass is 9.86. The summed E-state index contributed by atoms with van der Waals surface area (Å²) in [4.78, 5) is 38.2. The van der Waals surface area contributed by atoms with E-state index >= 15 is 0 Å². The quantitative estimate of drug-likeness (QED) is 0.621. The van der Waals surface area contributed by atoms with Crippen LogP contribution in [0.2, 0.25) is 0 Å². The number of aliphatic hydroxyl groups is 1. The third-order valence-electron chi connectivity index (χ3n) is 4.79. The highest BCUT2D eigenvalue weighted by Gasteiger charge is 2.38. The second-order valence-electron chi connectivity index (χ2n) is 7.38. The van der Waals surface area contributed by atoms with E-state index in [0.717, 1.165) is 0 Å².